The van der Waals surface area contributed by atoms with Crippen LogP contribution in [0.3, 0.4) is 0 Å². The van der Waals surface area contributed by atoms with Crippen LogP contribution in [0.25, 0.3) is 5.78 Å². The summed E-state index contributed by atoms with van der Waals surface area (Å²) in [6, 6.07) is 0.243. The molecule has 1 amide bonds. The molecule has 23 heavy (non-hydrogen) atoms. The molecule has 1 aliphatic rings. The average Bonchev–Trinajstić information content (AvgIpc) is 3.18. The highest BCUT2D eigenvalue weighted by atomic mass is 16.5. The molecule has 8 nitrogen and oxygen atoms in total. The largest absolute Gasteiger partial charge is 0.452 e. The number of rotatable bonds is 5. The minimum Gasteiger partial charge on any atom is -0.452 e. The average molecular weight is 317 g/mol. The first kappa shape index (κ1) is 15.4. The van der Waals surface area contributed by atoms with Gasteiger partial charge >= 0.3 is 5.97 Å². The predicted octanol–water partition coefficient (Wildman–Crippen LogP) is 0.494. The third-order valence-electron chi connectivity index (χ3n) is 3.91. The highest BCUT2D eigenvalue weighted by Gasteiger charge is 2.27. The van der Waals surface area contributed by atoms with Gasteiger partial charge in [0, 0.05) is 23.0 Å². The van der Waals surface area contributed by atoms with Gasteiger partial charge in [-0.1, -0.05) is 0 Å². The molecule has 2 aromatic heterocycles. The molecule has 0 aromatic carbocycles. The monoisotopic (exact) mass is 317 g/mol. The SMILES string of the molecule is Cc1nc2ncnn2c(C)c1CC(=O)O[C@H](C)C(=O)NC1CC1. The second-order valence-electron chi connectivity index (χ2n) is 5.82. The van der Waals surface area contributed by atoms with Crippen LogP contribution in [0.2, 0.25) is 0 Å². The Labute approximate surface area is 133 Å². The van der Waals surface area contributed by atoms with Gasteiger partial charge in [0.1, 0.15) is 6.33 Å². The van der Waals surface area contributed by atoms with Crippen molar-refractivity contribution in [2.45, 2.75) is 52.2 Å². The fourth-order valence-corrected chi connectivity index (χ4v) is 2.39. The van der Waals surface area contributed by atoms with E-state index in [4.69, 9.17) is 4.74 Å². The van der Waals surface area contributed by atoms with Gasteiger partial charge in [0.2, 0.25) is 0 Å². The van der Waals surface area contributed by atoms with Gasteiger partial charge < -0.3 is 10.1 Å². The summed E-state index contributed by atoms with van der Waals surface area (Å²) < 4.78 is 6.81. The zero-order chi connectivity index (χ0) is 16.6. The number of carbonyl (C=O) groups excluding carboxylic acids is 2. The zero-order valence-electron chi connectivity index (χ0n) is 13.4. The van der Waals surface area contributed by atoms with E-state index < -0.39 is 12.1 Å². The van der Waals surface area contributed by atoms with E-state index in [-0.39, 0.29) is 18.4 Å². The number of nitrogens with zero attached hydrogens (tertiary/aromatic N) is 4. The molecule has 1 atom stereocenters. The van der Waals surface area contributed by atoms with E-state index in [0.29, 0.717) is 11.5 Å². The summed E-state index contributed by atoms with van der Waals surface area (Å²) in [6.45, 7) is 5.24. The van der Waals surface area contributed by atoms with E-state index in [1.807, 2.05) is 13.8 Å². The predicted molar refractivity (Wildman–Crippen MR) is 80.7 cm³/mol. The summed E-state index contributed by atoms with van der Waals surface area (Å²) in [6.07, 6.45) is 2.65. The number of esters is 1. The first-order valence-electron chi connectivity index (χ1n) is 7.61. The number of aromatic nitrogens is 4. The summed E-state index contributed by atoms with van der Waals surface area (Å²) >= 11 is 0. The molecule has 2 heterocycles. The van der Waals surface area contributed by atoms with Gasteiger partial charge in [0.25, 0.3) is 11.7 Å². The van der Waals surface area contributed by atoms with Crippen LogP contribution in [-0.2, 0) is 20.7 Å². The molecule has 2 aromatic rings. The molecule has 1 aliphatic carbocycles. The Morgan fingerprint density at radius 3 is 2.87 bits per heavy atom. The highest BCUT2D eigenvalue weighted by molar-refractivity contribution is 5.84. The molecule has 0 spiro atoms. The quantitative estimate of drug-likeness (QED) is 0.806. The number of nitrogens with one attached hydrogen (secondary N) is 1. The second-order valence-corrected chi connectivity index (χ2v) is 5.82. The van der Waals surface area contributed by atoms with Crippen molar-refractivity contribution in [2.75, 3.05) is 0 Å². The van der Waals surface area contributed by atoms with Gasteiger partial charge in [-0.3, -0.25) is 9.59 Å². The third kappa shape index (κ3) is 3.30. The lowest BCUT2D eigenvalue weighted by Crippen LogP contribution is -2.37. The van der Waals surface area contributed by atoms with Crippen LogP contribution >= 0.6 is 0 Å². The number of aryl methyl sites for hydroxylation is 2. The molecule has 0 aliphatic heterocycles. The van der Waals surface area contributed by atoms with Crippen LogP contribution in [0.4, 0.5) is 0 Å². The van der Waals surface area contributed by atoms with Crippen LogP contribution in [0.5, 0.6) is 0 Å². The molecule has 1 N–H and O–H groups in total. The van der Waals surface area contributed by atoms with Crippen molar-refractivity contribution in [1.82, 2.24) is 24.9 Å². The molecule has 3 rings (SSSR count). The van der Waals surface area contributed by atoms with Crippen molar-refractivity contribution in [2.24, 2.45) is 0 Å². The van der Waals surface area contributed by atoms with Gasteiger partial charge in [-0.15, -0.1) is 0 Å². The molecule has 122 valence electrons. The lowest BCUT2D eigenvalue weighted by Gasteiger charge is -2.14. The molecular weight excluding hydrogens is 298 g/mol. The topological polar surface area (TPSA) is 98.5 Å². The maximum absolute atomic E-state index is 12.1. The Hall–Kier alpha value is -2.51. The standard InChI is InChI=1S/C15H19N5O3/c1-8-12(9(2)20-15(18-8)16-7-17-20)6-13(21)23-10(3)14(22)19-11-4-5-11/h7,10-11H,4-6H2,1-3H3,(H,19,22)/t10-/m1/s1. The molecule has 0 saturated heterocycles. The summed E-state index contributed by atoms with van der Waals surface area (Å²) in [5.74, 6) is -0.218. The zero-order valence-corrected chi connectivity index (χ0v) is 13.4. The summed E-state index contributed by atoms with van der Waals surface area (Å²) in [5.41, 5.74) is 2.23. The molecule has 8 heteroatoms. The fourth-order valence-electron chi connectivity index (χ4n) is 2.39. The van der Waals surface area contributed by atoms with E-state index >= 15 is 0 Å². The van der Waals surface area contributed by atoms with Crippen LogP contribution in [0, 0.1) is 13.8 Å². The van der Waals surface area contributed by atoms with Crippen molar-refractivity contribution in [3.05, 3.63) is 23.3 Å². The van der Waals surface area contributed by atoms with Gasteiger partial charge in [0.05, 0.1) is 6.42 Å². The molecule has 0 unspecified atom stereocenters. The lowest BCUT2D eigenvalue weighted by molar-refractivity contribution is -0.154. The maximum atomic E-state index is 12.1. The van der Waals surface area contributed by atoms with Gasteiger partial charge in [-0.25, -0.2) is 9.50 Å². The van der Waals surface area contributed by atoms with Crippen molar-refractivity contribution >= 4 is 17.7 Å². The van der Waals surface area contributed by atoms with Crippen molar-refractivity contribution in [1.29, 1.82) is 0 Å². The summed E-state index contributed by atoms with van der Waals surface area (Å²) in [7, 11) is 0. The van der Waals surface area contributed by atoms with E-state index in [1.165, 1.54) is 6.33 Å². The normalized spacial score (nSPS) is 15.4. The molecule has 0 radical (unpaired) electrons. The molecule has 1 fully saturated rings. The molecular formula is C15H19N5O3. The Kier molecular flexibility index (Phi) is 3.97. The first-order chi connectivity index (χ1) is 11.0. The van der Waals surface area contributed by atoms with Crippen LogP contribution in [-0.4, -0.2) is 43.6 Å². The van der Waals surface area contributed by atoms with Crippen molar-refractivity contribution in [3.8, 4) is 0 Å². The lowest BCUT2D eigenvalue weighted by atomic mass is 10.1. The summed E-state index contributed by atoms with van der Waals surface area (Å²) in [5, 5.41) is 6.90. The van der Waals surface area contributed by atoms with Crippen molar-refractivity contribution in [3.63, 3.8) is 0 Å². The fraction of sp³-hybridized carbons (Fsp3) is 0.533. The maximum Gasteiger partial charge on any atom is 0.311 e. The van der Waals surface area contributed by atoms with Crippen LogP contribution in [0.1, 0.15) is 36.7 Å². The minimum atomic E-state index is -0.799. The number of hydrogen-bond donors (Lipinski definition) is 1. The Morgan fingerprint density at radius 1 is 1.43 bits per heavy atom. The van der Waals surface area contributed by atoms with E-state index in [9.17, 15) is 9.59 Å². The number of amides is 1. The van der Waals surface area contributed by atoms with E-state index in [1.54, 1.807) is 11.4 Å². The Bertz CT molecular complexity index is 766. The smallest absolute Gasteiger partial charge is 0.311 e. The van der Waals surface area contributed by atoms with Gasteiger partial charge in [0.15, 0.2) is 6.10 Å². The number of carbonyl (C=O) groups is 2. The van der Waals surface area contributed by atoms with Crippen LogP contribution in [0.15, 0.2) is 6.33 Å². The molecule has 0 bridgehead atoms. The van der Waals surface area contributed by atoms with Gasteiger partial charge in [-0.05, 0) is 33.6 Å². The Morgan fingerprint density at radius 2 is 2.17 bits per heavy atom. The highest BCUT2D eigenvalue weighted by Crippen LogP contribution is 2.19. The minimum absolute atomic E-state index is 0.0432. The summed E-state index contributed by atoms with van der Waals surface area (Å²) in [4.78, 5) is 32.3. The second kappa shape index (κ2) is 5.94. The van der Waals surface area contributed by atoms with Crippen LogP contribution < -0.4 is 5.32 Å². The third-order valence-corrected chi connectivity index (χ3v) is 3.91. The van der Waals surface area contributed by atoms with E-state index in [2.05, 4.69) is 20.4 Å². The Balaban J connectivity index is 1.68. The van der Waals surface area contributed by atoms with Crippen molar-refractivity contribution < 1.29 is 14.3 Å². The van der Waals surface area contributed by atoms with Gasteiger partial charge in [-0.2, -0.15) is 10.1 Å². The number of ether oxygens (including phenoxy) is 1. The van der Waals surface area contributed by atoms with E-state index in [0.717, 1.165) is 24.1 Å². The number of hydrogen-bond acceptors (Lipinski definition) is 6. The first-order valence-corrected chi connectivity index (χ1v) is 7.61. The number of fused-ring (bicyclic) bond motifs is 1. The molecule has 1 saturated carbocycles.